The van der Waals surface area contributed by atoms with E-state index >= 15 is 0 Å². The van der Waals surface area contributed by atoms with Gasteiger partial charge >= 0.3 is 0 Å². The highest BCUT2D eigenvalue weighted by Crippen LogP contribution is 2.28. The fourth-order valence-corrected chi connectivity index (χ4v) is 1.57. The van der Waals surface area contributed by atoms with E-state index in [0.717, 1.165) is 24.1 Å². The van der Waals surface area contributed by atoms with Crippen molar-refractivity contribution in [3.05, 3.63) is 35.3 Å². The Kier molecular flexibility index (Phi) is 4.23. The molecule has 1 rings (SSSR count). The zero-order chi connectivity index (χ0) is 10.6. The summed E-state index contributed by atoms with van der Waals surface area (Å²) in [7, 11) is 0. The van der Waals surface area contributed by atoms with Crippen molar-refractivity contribution in [1.29, 1.82) is 0 Å². The zero-order valence-corrected chi connectivity index (χ0v) is 9.40. The van der Waals surface area contributed by atoms with Crippen molar-refractivity contribution in [3.8, 4) is 0 Å². The smallest absolute Gasteiger partial charge is 0.198 e. The van der Waals surface area contributed by atoms with Gasteiger partial charge in [0.05, 0.1) is 12.3 Å². The largest absolute Gasteiger partial charge is 0.453 e. The topological polar surface area (TPSA) is 25.2 Å². The zero-order valence-electron chi connectivity index (χ0n) is 8.64. The van der Waals surface area contributed by atoms with Crippen LogP contribution in [0.4, 0.5) is 0 Å². The normalized spacial score (nSPS) is 12.8. The quantitative estimate of drug-likeness (QED) is 0.757. The molecule has 0 fully saturated rings. The highest BCUT2D eigenvalue weighted by atomic mass is 35.5. The number of hydrogen-bond acceptors (Lipinski definition) is 2. The minimum atomic E-state index is 0.0983. The minimum absolute atomic E-state index is 0.0983. The van der Waals surface area contributed by atoms with Gasteiger partial charge in [-0.05, 0) is 37.6 Å². The van der Waals surface area contributed by atoms with Crippen LogP contribution in [0.2, 0.25) is 5.22 Å². The first-order valence-electron chi connectivity index (χ1n) is 4.78. The fourth-order valence-electron chi connectivity index (χ4n) is 1.35. The van der Waals surface area contributed by atoms with Crippen LogP contribution in [0.25, 0.3) is 0 Å². The maximum atomic E-state index is 5.91. The Morgan fingerprint density at radius 1 is 1.71 bits per heavy atom. The van der Waals surface area contributed by atoms with Gasteiger partial charge in [0.25, 0.3) is 0 Å². The minimum Gasteiger partial charge on any atom is -0.453 e. The lowest BCUT2D eigenvalue weighted by molar-refractivity contribution is 0.548. The second kappa shape index (κ2) is 5.23. The third kappa shape index (κ3) is 2.63. The molecular weight excluding hydrogens is 198 g/mol. The number of rotatable bonds is 5. The molecule has 78 valence electrons. The predicted molar refractivity (Wildman–Crippen MR) is 59.6 cm³/mol. The van der Waals surface area contributed by atoms with E-state index in [9.17, 15) is 0 Å². The average molecular weight is 214 g/mol. The van der Waals surface area contributed by atoms with Gasteiger partial charge in [-0.2, -0.15) is 0 Å². The molecule has 1 aromatic heterocycles. The molecule has 1 heterocycles. The molecule has 0 saturated carbocycles. The molecule has 0 amide bonds. The van der Waals surface area contributed by atoms with Crippen molar-refractivity contribution in [2.45, 2.75) is 26.3 Å². The molecule has 0 aliphatic heterocycles. The lowest BCUT2D eigenvalue weighted by atomic mass is 10.0. The highest BCUT2D eigenvalue weighted by molar-refractivity contribution is 6.29. The molecule has 0 radical (unpaired) electrons. The molecular formula is C11H16ClNO. The van der Waals surface area contributed by atoms with Crippen LogP contribution in [-0.4, -0.2) is 6.54 Å². The molecule has 0 saturated heterocycles. The average Bonchev–Trinajstić information content (AvgIpc) is 2.52. The number of hydrogen-bond donors (Lipinski definition) is 1. The van der Waals surface area contributed by atoms with Gasteiger partial charge in [0.2, 0.25) is 0 Å². The summed E-state index contributed by atoms with van der Waals surface area (Å²) in [5, 5.41) is 3.81. The summed E-state index contributed by atoms with van der Waals surface area (Å²) in [6.45, 7) is 8.99. The first-order valence-corrected chi connectivity index (χ1v) is 5.16. The Hall–Kier alpha value is -0.730. The van der Waals surface area contributed by atoms with Gasteiger partial charge in [-0.15, -0.1) is 0 Å². The van der Waals surface area contributed by atoms with Crippen LogP contribution < -0.4 is 5.32 Å². The van der Waals surface area contributed by atoms with Crippen LogP contribution in [0, 0.1) is 0 Å². The van der Waals surface area contributed by atoms with Crippen molar-refractivity contribution in [1.82, 2.24) is 5.32 Å². The lowest BCUT2D eigenvalue weighted by Crippen LogP contribution is -2.22. The Bertz CT molecular complexity index is 306. The second-order valence-electron chi connectivity index (χ2n) is 3.38. The molecule has 0 aliphatic rings. The van der Waals surface area contributed by atoms with E-state index in [1.807, 2.05) is 13.0 Å². The molecule has 0 spiro atoms. The Labute approximate surface area is 89.9 Å². The fraction of sp³-hybridized carbons (Fsp3) is 0.455. The van der Waals surface area contributed by atoms with E-state index in [2.05, 4.69) is 18.8 Å². The van der Waals surface area contributed by atoms with E-state index in [1.54, 1.807) is 6.26 Å². The summed E-state index contributed by atoms with van der Waals surface area (Å²) in [6, 6.07) is 1.98. The van der Waals surface area contributed by atoms with Crippen LogP contribution in [0.15, 0.2) is 28.9 Å². The Morgan fingerprint density at radius 2 is 2.43 bits per heavy atom. The maximum absolute atomic E-state index is 5.91. The summed E-state index contributed by atoms with van der Waals surface area (Å²) in [4.78, 5) is 0. The van der Waals surface area contributed by atoms with Crippen LogP contribution in [0.1, 0.15) is 31.9 Å². The van der Waals surface area contributed by atoms with Crippen molar-refractivity contribution >= 4 is 11.6 Å². The van der Waals surface area contributed by atoms with Crippen LogP contribution >= 0.6 is 11.6 Å². The van der Waals surface area contributed by atoms with Gasteiger partial charge in [0, 0.05) is 5.56 Å². The molecule has 1 atom stereocenters. The molecule has 14 heavy (non-hydrogen) atoms. The summed E-state index contributed by atoms with van der Waals surface area (Å²) < 4.78 is 5.06. The van der Waals surface area contributed by atoms with Gasteiger partial charge in [0.1, 0.15) is 0 Å². The first kappa shape index (κ1) is 11.3. The van der Waals surface area contributed by atoms with Crippen molar-refractivity contribution in [2.75, 3.05) is 6.54 Å². The summed E-state index contributed by atoms with van der Waals surface area (Å²) in [5.41, 5.74) is 2.01. The molecule has 0 bridgehead atoms. The molecule has 1 aromatic rings. The van der Waals surface area contributed by atoms with Crippen LogP contribution in [0.3, 0.4) is 0 Å². The molecule has 3 heteroatoms. The molecule has 0 aromatic carbocycles. The van der Waals surface area contributed by atoms with E-state index in [0.29, 0.717) is 5.22 Å². The SMILES string of the molecule is C=C(C)C(NCCC)c1ccoc1Cl. The first-order chi connectivity index (χ1) is 6.66. The number of nitrogens with one attached hydrogen (secondary N) is 1. The van der Waals surface area contributed by atoms with E-state index in [1.165, 1.54) is 0 Å². The van der Waals surface area contributed by atoms with E-state index < -0.39 is 0 Å². The van der Waals surface area contributed by atoms with Gasteiger partial charge in [-0.1, -0.05) is 19.1 Å². The number of furan rings is 1. The lowest BCUT2D eigenvalue weighted by Gasteiger charge is -2.17. The van der Waals surface area contributed by atoms with E-state index in [-0.39, 0.29) is 6.04 Å². The van der Waals surface area contributed by atoms with Crippen molar-refractivity contribution in [2.24, 2.45) is 0 Å². The Balaban J connectivity index is 2.78. The van der Waals surface area contributed by atoms with Gasteiger partial charge in [-0.3, -0.25) is 0 Å². The predicted octanol–water partition coefficient (Wildman–Crippen LogP) is 3.55. The number of halogens is 1. The summed E-state index contributed by atoms with van der Waals surface area (Å²) in [5.74, 6) is 0. The summed E-state index contributed by atoms with van der Waals surface area (Å²) in [6.07, 6.45) is 2.68. The summed E-state index contributed by atoms with van der Waals surface area (Å²) >= 11 is 5.91. The van der Waals surface area contributed by atoms with Gasteiger partial charge < -0.3 is 9.73 Å². The monoisotopic (exact) mass is 213 g/mol. The van der Waals surface area contributed by atoms with Crippen LogP contribution in [-0.2, 0) is 0 Å². The van der Waals surface area contributed by atoms with Gasteiger partial charge in [0.15, 0.2) is 5.22 Å². The van der Waals surface area contributed by atoms with Crippen molar-refractivity contribution < 1.29 is 4.42 Å². The third-order valence-corrected chi connectivity index (χ3v) is 2.36. The van der Waals surface area contributed by atoms with Crippen molar-refractivity contribution in [3.63, 3.8) is 0 Å². The molecule has 1 N–H and O–H groups in total. The maximum Gasteiger partial charge on any atom is 0.198 e. The van der Waals surface area contributed by atoms with Gasteiger partial charge in [-0.25, -0.2) is 0 Å². The highest BCUT2D eigenvalue weighted by Gasteiger charge is 2.16. The third-order valence-electron chi connectivity index (χ3n) is 2.05. The molecule has 2 nitrogen and oxygen atoms in total. The van der Waals surface area contributed by atoms with Crippen LogP contribution in [0.5, 0.6) is 0 Å². The van der Waals surface area contributed by atoms with E-state index in [4.69, 9.17) is 16.0 Å². The molecule has 0 aliphatic carbocycles. The standard InChI is InChI=1S/C11H16ClNO/c1-4-6-13-10(8(2)3)9-5-7-14-11(9)12/h5,7,10,13H,2,4,6H2,1,3H3. The second-order valence-corrected chi connectivity index (χ2v) is 3.73. The molecule has 1 unspecified atom stereocenters. The Morgan fingerprint density at radius 3 is 2.86 bits per heavy atom.